The molecule has 0 aliphatic carbocycles. The second-order valence-corrected chi connectivity index (χ2v) is 6.03. The quantitative estimate of drug-likeness (QED) is 0.323. The fourth-order valence-electron chi connectivity index (χ4n) is 2.98. The minimum absolute atomic E-state index is 0.00592. The summed E-state index contributed by atoms with van der Waals surface area (Å²) >= 11 is 0. The number of esters is 1. The van der Waals surface area contributed by atoms with Crippen molar-refractivity contribution < 1.29 is 19.1 Å². The van der Waals surface area contributed by atoms with E-state index in [1.54, 1.807) is 38.3 Å². The molecule has 6 heteroatoms. The number of hydrogen-bond donors (Lipinski definition) is 0. The number of rotatable bonds is 7. The van der Waals surface area contributed by atoms with Crippen molar-refractivity contribution in [1.82, 2.24) is 4.90 Å². The molecule has 26 heavy (non-hydrogen) atoms. The molecule has 1 fully saturated rings. The van der Waals surface area contributed by atoms with Crippen LogP contribution in [0.5, 0.6) is 5.75 Å². The third-order valence-corrected chi connectivity index (χ3v) is 4.36. The monoisotopic (exact) mass is 356 g/mol. The molecule has 0 bridgehead atoms. The molecule has 138 valence electrons. The fraction of sp³-hybridized carbons (Fsp3) is 0.450. The standard InChI is InChI=1S/C20H24N2O4/c1-3-26-20(24)17(14-21)18(22-11-5-4-6-12-22)13-19(23)15-7-9-16(25-2)10-8-15/h7-10H,3-6,11-13H2,1-2H3/b18-17+. The Bertz CT molecular complexity index is 710. The van der Waals surface area contributed by atoms with E-state index in [-0.39, 0.29) is 24.4 Å². The van der Waals surface area contributed by atoms with Crippen molar-refractivity contribution in [3.63, 3.8) is 0 Å². The SMILES string of the molecule is CCOC(=O)/C(C#N)=C(\CC(=O)c1ccc(OC)cc1)N1CCCCC1. The zero-order valence-electron chi connectivity index (χ0n) is 15.3. The molecule has 0 radical (unpaired) electrons. The highest BCUT2D eigenvalue weighted by Crippen LogP contribution is 2.23. The molecular weight excluding hydrogens is 332 g/mol. The van der Waals surface area contributed by atoms with E-state index in [0.29, 0.717) is 17.0 Å². The van der Waals surface area contributed by atoms with Gasteiger partial charge in [-0.05, 0) is 50.5 Å². The number of benzene rings is 1. The van der Waals surface area contributed by atoms with Crippen LogP contribution in [-0.2, 0) is 9.53 Å². The van der Waals surface area contributed by atoms with Crippen molar-refractivity contribution in [3.05, 3.63) is 41.1 Å². The maximum absolute atomic E-state index is 12.7. The van der Waals surface area contributed by atoms with Crippen molar-refractivity contribution in [2.75, 3.05) is 26.8 Å². The molecule has 6 nitrogen and oxygen atoms in total. The molecule has 2 rings (SSSR count). The molecule has 1 heterocycles. The molecule has 0 N–H and O–H groups in total. The number of carbonyl (C=O) groups excluding carboxylic acids is 2. The van der Waals surface area contributed by atoms with Crippen molar-refractivity contribution in [1.29, 1.82) is 5.26 Å². The average Bonchev–Trinajstić information content (AvgIpc) is 2.68. The minimum atomic E-state index is -0.668. The van der Waals surface area contributed by atoms with E-state index in [0.717, 1.165) is 32.4 Å². The summed E-state index contributed by atoms with van der Waals surface area (Å²) in [6, 6.07) is 8.75. The second-order valence-electron chi connectivity index (χ2n) is 6.03. The van der Waals surface area contributed by atoms with Crippen LogP contribution in [-0.4, -0.2) is 43.5 Å². The van der Waals surface area contributed by atoms with Gasteiger partial charge in [0.25, 0.3) is 0 Å². The average molecular weight is 356 g/mol. The summed E-state index contributed by atoms with van der Waals surface area (Å²) in [5.41, 5.74) is 0.906. The number of carbonyl (C=O) groups is 2. The molecule has 0 amide bonds. The molecule has 1 aliphatic heterocycles. The Labute approximate surface area is 154 Å². The molecule has 0 atom stereocenters. The van der Waals surface area contributed by atoms with Crippen LogP contribution >= 0.6 is 0 Å². The van der Waals surface area contributed by atoms with Crippen molar-refractivity contribution in [3.8, 4) is 11.8 Å². The molecule has 0 unspecified atom stereocenters. The Morgan fingerprint density at radius 3 is 2.35 bits per heavy atom. The van der Waals surface area contributed by atoms with E-state index in [1.807, 2.05) is 11.0 Å². The number of ketones is 1. The summed E-state index contributed by atoms with van der Waals surface area (Å²) in [5.74, 6) is -0.152. The van der Waals surface area contributed by atoms with Gasteiger partial charge in [0.1, 0.15) is 11.8 Å². The fourth-order valence-corrected chi connectivity index (χ4v) is 2.98. The van der Waals surface area contributed by atoms with Gasteiger partial charge in [0.15, 0.2) is 11.4 Å². The van der Waals surface area contributed by atoms with E-state index in [2.05, 4.69) is 0 Å². The summed E-state index contributed by atoms with van der Waals surface area (Å²) in [4.78, 5) is 26.9. The highest BCUT2D eigenvalue weighted by Gasteiger charge is 2.25. The van der Waals surface area contributed by atoms with Gasteiger partial charge in [0, 0.05) is 24.4 Å². The van der Waals surface area contributed by atoms with Crippen molar-refractivity contribution >= 4 is 11.8 Å². The number of nitrogens with zero attached hydrogens (tertiary/aromatic N) is 2. The van der Waals surface area contributed by atoms with E-state index < -0.39 is 5.97 Å². The second kappa shape index (κ2) is 9.62. The molecule has 1 saturated heterocycles. The van der Waals surface area contributed by atoms with Crippen LogP contribution < -0.4 is 4.74 Å². The molecule has 1 aromatic carbocycles. The Hall–Kier alpha value is -2.81. The minimum Gasteiger partial charge on any atom is -0.497 e. The first-order chi connectivity index (χ1) is 12.6. The highest BCUT2D eigenvalue weighted by molar-refractivity contribution is 6.00. The Morgan fingerprint density at radius 2 is 1.81 bits per heavy atom. The molecule has 0 spiro atoms. The molecule has 0 aromatic heterocycles. The van der Waals surface area contributed by atoms with Crippen LogP contribution in [0.3, 0.4) is 0 Å². The zero-order chi connectivity index (χ0) is 18.9. The molecule has 1 aromatic rings. The van der Waals surface area contributed by atoms with Crippen LogP contribution in [0.25, 0.3) is 0 Å². The van der Waals surface area contributed by atoms with Crippen molar-refractivity contribution in [2.24, 2.45) is 0 Å². The predicted octanol–water partition coefficient (Wildman–Crippen LogP) is 3.09. The van der Waals surface area contributed by atoms with E-state index in [9.17, 15) is 14.9 Å². The Kier molecular flexibility index (Phi) is 7.22. The van der Waals surface area contributed by atoms with Gasteiger partial charge in [-0.15, -0.1) is 0 Å². The summed E-state index contributed by atoms with van der Waals surface area (Å²) in [6.07, 6.45) is 3.05. The maximum Gasteiger partial charge on any atom is 0.350 e. The number of nitriles is 1. The van der Waals surface area contributed by atoms with Crippen LogP contribution in [0.2, 0.25) is 0 Å². The Balaban J connectivity index is 2.31. The Morgan fingerprint density at radius 1 is 1.15 bits per heavy atom. The first kappa shape index (κ1) is 19.5. The van der Waals surface area contributed by atoms with E-state index >= 15 is 0 Å². The van der Waals surface area contributed by atoms with E-state index in [1.165, 1.54) is 0 Å². The third-order valence-electron chi connectivity index (χ3n) is 4.36. The summed E-state index contributed by atoms with van der Waals surface area (Å²) < 4.78 is 10.1. The first-order valence-electron chi connectivity index (χ1n) is 8.83. The van der Waals surface area contributed by atoms with Crippen LogP contribution in [0.15, 0.2) is 35.5 Å². The van der Waals surface area contributed by atoms with Gasteiger partial charge in [0.2, 0.25) is 0 Å². The van der Waals surface area contributed by atoms with Gasteiger partial charge in [-0.1, -0.05) is 0 Å². The molecule has 0 saturated carbocycles. The number of Topliss-reactive ketones (excluding diaryl/α,β-unsaturated/α-hetero) is 1. The topological polar surface area (TPSA) is 79.6 Å². The van der Waals surface area contributed by atoms with Gasteiger partial charge in [-0.2, -0.15) is 5.26 Å². The smallest absolute Gasteiger partial charge is 0.350 e. The van der Waals surface area contributed by atoms with Crippen molar-refractivity contribution in [2.45, 2.75) is 32.6 Å². The zero-order valence-corrected chi connectivity index (χ0v) is 15.3. The largest absolute Gasteiger partial charge is 0.497 e. The molecule has 1 aliphatic rings. The number of ether oxygens (including phenoxy) is 2. The number of allylic oxidation sites excluding steroid dienone is 1. The summed E-state index contributed by atoms with van der Waals surface area (Å²) in [6.45, 7) is 3.34. The molecular formula is C20H24N2O4. The number of piperidine rings is 1. The maximum atomic E-state index is 12.7. The number of methoxy groups -OCH3 is 1. The summed E-state index contributed by atoms with van der Waals surface area (Å²) in [7, 11) is 1.56. The number of hydrogen-bond acceptors (Lipinski definition) is 6. The van der Waals surface area contributed by atoms with E-state index in [4.69, 9.17) is 9.47 Å². The van der Waals surface area contributed by atoms with Gasteiger partial charge in [0.05, 0.1) is 20.1 Å². The lowest BCUT2D eigenvalue weighted by Gasteiger charge is -2.31. The lowest BCUT2D eigenvalue weighted by Crippen LogP contribution is -2.32. The normalized spacial score (nSPS) is 14.9. The van der Waals surface area contributed by atoms with Crippen LogP contribution in [0, 0.1) is 11.3 Å². The lowest BCUT2D eigenvalue weighted by molar-refractivity contribution is -0.138. The predicted molar refractivity (Wildman–Crippen MR) is 96.6 cm³/mol. The van der Waals surface area contributed by atoms with Crippen LogP contribution in [0.4, 0.5) is 0 Å². The van der Waals surface area contributed by atoms with Crippen LogP contribution in [0.1, 0.15) is 43.0 Å². The number of likely N-dealkylation sites (tertiary alicyclic amines) is 1. The van der Waals surface area contributed by atoms with Gasteiger partial charge < -0.3 is 14.4 Å². The van der Waals surface area contributed by atoms with Gasteiger partial charge in [-0.3, -0.25) is 4.79 Å². The first-order valence-corrected chi connectivity index (χ1v) is 8.83. The van der Waals surface area contributed by atoms with Gasteiger partial charge >= 0.3 is 5.97 Å². The highest BCUT2D eigenvalue weighted by atomic mass is 16.5. The summed E-state index contributed by atoms with van der Waals surface area (Å²) in [5, 5.41) is 9.51. The van der Waals surface area contributed by atoms with Gasteiger partial charge in [-0.25, -0.2) is 4.79 Å². The lowest BCUT2D eigenvalue weighted by atomic mass is 10.0. The third kappa shape index (κ3) is 4.85.